The molecule has 5 heteroatoms. The van der Waals surface area contributed by atoms with Crippen LogP contribution in [0.4, 0.5) is 0 Å². The first-order valence-electron chi connectivity index (χ1n) is 8.10. The summed E-state index contributed by atoms with van der Waals surface area (Å²) < 4.78 is 10.9. The quantitative estimate of drug-likeness (QED) is 0.748. The first kappa shape index (κ1) is 16.3. The molecule has 2 fully saturated rings. The number of hydrogen-bond acceptors (Lipinski definition) is 4. The molecule has 0 saturated carbocycles. The zero-order valence-corrected chi connectivity index (χ0v) is 13.5. The van der Waals surface area contributed by atoms with E-state index in [0.717, 1.165) is 12.8 Å². The van der Waals surface area contributed by atoms with E-state index in [2.05, 4.69) is 6.92 Å². The minimum absolute atomic E-state index is 0.0529. The maximum atomic E-state index is 12.9. The summed E-state index contributed by atoms with van der Waals surface area (Å²) in [5, 5.41) is 0. The summed E-state index contributed by atoms with van der Waals surface area (Å²) in [4.78, 5) is 26.8. The van der Waals surface area contributed by atoms with E-state index in [0.29, 0.717) is 19.6 Å². The van der Waals surface area contributed by atoms with E-state index < -0.39 is 6.04 Å². The molecule has 2 aliphatic rings. The van der Waals surface area contributed by atoms with E-state index in [4.69, 9.17) is 9.47 Å². The van der Waals surface area contributed by atoms with Gasteiger partial charge in [-0.15, -0.1) is 0 Å². The van der Waals surface area contributed by atoms with Gasteiger partial charge in [0.15, 0.2) is 0 Å². The molecule has 0 spiro atoms. The number of esters is 1. The highest BCUT2D eigenvalue weighted by Gasteiger charge is 2.46. The summed E-state index contributed by atoms with van der Waals surface area (Å²) in [6.45, 7) is 8.81. The molecule has 0 N–H and O–H groups in total. The lowest BCUT2D eigenvalue weighted by molar-refractivity contribution is -0.159. The number of nitrogens with zero attached hydrogens (tertiary/aromatic N) is 1. The Labute approximate surface area is 127 Å². The smallest absolute Gasteiger partial charge is 0.328 e. The zero-order chi connectivity index (χ0) is 15.6. The van der Waals surface area contributed by atoms with Crippen LogP contribution in [0.2, 0.25) is 0 Å². The van der Waals surface area contributed by atoms with Gasteiger partial charge in [-0.25, -0.2) is 4.79 Å². The van der Waals surface area contributed by atoms with E-state index in [1.54, 1.807) is 11.8 Å². The number of hydrogen-bond donors (Lipinski definition) is 0. The van der Waals surface area contributed by atoms with Gasteiger partial charge < -0.3 is 14.4 Å². The topological polar surface area (TPSA) is 55.8 Å². The number of carbonyl (C=O) groups excluding carboxylic acids is 2. The molecule has 5 atom stereocenters. The van der Waals surface area contributed by atoms with Crippen LogP contribution in [0, 0.1) is 11.8 Å². The first-order valence-corrected chi connectivity index (χ1v) is 8.10. The maximum Gasteiger partial charge on any atom is 0.328 e. The molecule has 2 aliphatic heterocycles. The number of amides is 1. The average molecular weight is 297 g/mol. The Morgan fingerprint density at radius 2 is 1.90 bits per heavy atom. The van der Waals surface area contributed by atoms with Crippen LogP contribution in [0.25, 0.3) is 0 Å². The van der Waals surface area contributed by atoms with E-state index >= 15 is 0 Å². The average Bonchev–Trinajstić information content (AvgIpc) is 2.72. The normalized spacial score (nSPS) is 36.6. The lowest BCUT2D eigenvalue weighted by atomic mass is 9.87. The van der Waals surface area contributed by atoms with Gasteiger partial charge in [-0.3, -0.25) is 4.79 Å². The number of ether oxygens (including phenoxy) is 2. The summed E-state index contributed by atoms with van der Waals surface area (Å²) in [5.41, 5.74) is 0. The third-order valence-corrected chi connectivity index (χ3v) is 4.87. The highest BCUT2D eigenvalue weighted by atomic mass is 16.5. The number of piperidine rings is 1. The fourth-order valence-electron chi connectivity index (χ4n) is 3.56. The second-order valence-corrected chi connectivity index (χ2v) is 6.23. The van der Waals surface area contributed by atoms with E-state index in [-0.39, 0.29) is 35.9 Å². The number of carbonyl (C=O) groups is 2. The van der Waals surface area contributed by atoms with Crippen LogP contribution >= 0.6 is 0 Å². The molecule has 2 rings (SSSR count). The lowest BCUT2D eigenvalue weighted by Crippen LogP contribution is -2.52. The SMILES string of the molecule is CCOC(=O)C1CCCCN1C(=O)C1C(C)OC(C)C1C. The van der Waals surface area contributed by atoms with Crippen molar-refractivity contribution >= 4 is 11.9 Å². The third-order valence-electron chi connectivity index (χ3n) is 4.87. The number of rotatable bonds is 3. The summed E-state index contributed by atoms with van der Waals surface area (Å²) in [7, 11) is 0. The van der Waals surface area contributed by atoms with Gasteiger partial charge >= 0.3 is 5.97 Å². The van der Waals surface area contributed by atoms with Gasteiger partial charge in [0.2, 0.25) is 5.91 Å². The molecule has 0 aromatic carbocycles. The van der Waals surface area contributed by atoms with Crippen molar-refractivity contribution in [2.45, 2.75) is 65.2 Å². The molecule has 2 heterocycles. The summed E-state index contributed by atoms with van der Waals surface area (Å²) in [6.07, 6.45) is 2.62. The van der Waals surface area contributed by atoms with Crippen molar-refractivity contribution in [2.75, 3.05) is 13.2 Å². The van der Waals surface area contributed by atoms with Crippen LogP contribution in [-0.4, -0.2) is 48.2 Å². The van der Waals surface area contributed by atoms with E-state index in [9.17, 15) is 9.59 Å². The molecule has 5 unspecified atom stereocenters. The minimum atomic E-state index is -0.415. The van der Waals surface area contributed by atoms with Gasteiger partial charge in [0, 0.05) is 6.54 Å². The highest BCUT2D eigenvalue weighted by Crippen LogP contribution is 2.35. The van der Waals surface area contributed by atoms with Crippen LogP contribution in [-0.2, 0) is 19.1 Å². The van der Waals surface area contributed by atoms with Gasteiger partial charge in [0.05, 0.1) is 24.7 Å². The molecule has 1 amide bonds. The summed E-state index contributed by atoms with van der Waals surface area (Å²) in [6, 6.07) is -0.415. The lowest BCUT2D eigenvalue weighted by Gasteiger charge is -2.36. The van der Waals surface area contributed by atoms with Crippen molar-refractivity contribution < 1.29 is 19.1 Å². The van der Waals surface area contributed by atoms with Crippen LogP contribution < -0.4 is 0 Å². The second-order valence-electron chi connectivity index (χ2n) is 6.23. The predicted molar refractivity (Wildman–Crippen MR) is 78.6 cm³/mol. The van der Waals surface area contributed by atoms with E-state index in [1.807, 2.05) is 13.8 Å². The molecule has 0 bridgehead atoms. The highest BCUT2D eigenvalue weighted by molar-refractivity contribution is 5.86. The van der Waals surface area contributed by atoms with Crippen molar-refractivity contribution in [2.24, 2.45) is 11.8 Å². The summed E-state index contributed by atoms with van der Waals surface area (Å²) >= 11 is 0. The fourth-order valence-corrected chi connectivity index (χ4v) is 3.56. The van der Waals surface area contributed by atoms with Crippen molar-refractivity contribution in [1.82, 2.24) is 4.90 Å². The predicted octanol–water partition coefficient (Wildman–Crippen LogP) is 1.99. The molecular weight excluding hydrogens is 270 g/mol. The Bertz CT molecular complexity index is 398. The standard InChI is InChI=1S/C16H27NO4/c1-5-20-16(19)13-8-6-7-9-17(13)15(18)14-10(2)11(3)21-12(14)4/h10-14H,5-9H2,1-4H3. The third kappa shape index (κ3) is 3.23. The van der Waals surface area contributed by atoms with Crippen molar-refractivity contribution in [3.63, 3.8) is 0 Å². The Morgan fingerprint density at radius 3 is 2.48 bits per heavy atom. The molecule has 0 radical (unpaired) electrons. The Balaban J connectivity index is 2.13. The first-order chi connectivity index (χ1) is 9.97. The fraction of sp³-hybridized carbons (Fsp3) is 0.875. The zero-order valence-electron chi connectivity index (χ0n) is 13.5. The van der Waals surface area contributed by atoms with E-state index in [1.165, 1.54) is 0 Å². The van der Waals surface area contributed by atoms with Crippen molar-refractivity contribution in [3.8, 4) is 0 Å². The van der Waals surface area contributed by atoms with Gasteiger partial charge in [0.1, 0.15) is 6.04 Å². The van der Waals surface area contributed by atoms with Gasteiger partial charge in [-0.2, -0.15) is 0 Å². The van der Waals surface area contributed by atoms with Crippen LogP contribution in [0.15, 0.2) is 0 Å². The van der Waals surface area contributed by atoms with Crippen molar-refractivity contribution in [3.05, 3.63) is 0 Å². The van der Waals surface area contributed by atoms with Crippen LogP contribution in [0.3, 0.4) is 0 Å². The number of likely N-dealkylation sites (tertiary alicyclic amines) is 1. The summed E-state index contributed by atoms with van der Waals surface area (Å²) in [5.74, 6) is -0.192. The second kappa shape index (κ2) is 6.77. The molecule has 0 aromatic heterocycles. The van der Waals surface area contributed by atoms with Crippen LogP contribution in [0.5, 0.6) is 0 Å². The Hall–Kier alpha value is -1.10. The van der Waals surface area contributed by atoms with Crippen molar-refractivity contribution in [1.29, 1.82) is 0 Å². The Kier molecular flexibility index (Phi) is 5.25. The van der Waals surface area contributed by atoms with Gasteiger partial charge in [0.25, 0.3) is 0 Å². The van der Waals surface area contributed by atoms with Gasteiger partial charge in [-0.05, 0) is 46.0 Å². The molecule has 0 aliphatic carbocycles. The monoisotopic (exact) mass is 297 g/mol. The molecule has 120 valence electrons. The molecule has 5 nitrogen and oxygen atoms in total. The molecular formula is C16H27NO4. The van der Waals surface area contributed by atoms with Crippen LogP contribution in [0.1, 0.15) is 47.0 Å². The largest absolute Gasteiger partial charge is 0.464 e. The molecule has 0 aromatic rings. The molecule has 21 heavy (non-hydrogen) atoms. The minimum Gasteiger partial charge on any atom is -0.464 e. The maximum absolute atomic E-state index is 12.9. The van der Waals surface area contributed by atoms with Gasteiger partial charge in [-0.1, -0.05) is 6.92 Å². The molecule has 2 saturated heterocycles. The Morgan fingerprint density at radius 1 is 1.19 bits per heavy atom.